The monoisotopic (exact) mass is 449 g/mol. The molecule has 1 aromatic carbocycles. The molecule has 0 aliphatic carbocycles. The molecule has 0 atom stereocenters. The van der Waals surface area contributed by atoms with E-state index in [4.69, 9.17) is 11.6 Å². The van der Waals surface area contributed by atoms with Crippen LogP contribution in [0.4, 0.5) is 5.13 Å². The molecular formula is C18H16ClN5O3S2. The summed E-state index contributed by atoms with van der Waals surface area (Å²) >= 11 is 7.26. The molecule has 11 heteroatoms. The third-order valence-electron chi connectivity index (χ3n) is 4.48. The predicted molar refractivity (Wildman–Crippen MR) is 110 cm³/mol. The van der Waals surface area contributed by atoms with Crippen LogP contribution in [0.5, 0.6) is 0 Å². The number of aryl methyl sites for hydroxylation is 1. The maximum absolute atomic E-state index is 13.1. The van der Waals surface area contributed by atoms with Gasteiger partial charge in [0.2, 0.25) is 10.0 Å². The van der Waals surface area contributed by atoms with Gasteiger partial charge in [-0.1, -0.05) is 17.7 Å². The summed E-state index contributed by atoms with van der Waals surface area (Å²) in [7, 11) is -3.69. The number of halogens is 1. The van der Waals surface area contributed by atoms with Gasteiger partial charge in [0.25, 0.3) is 5.91 Å². The number of aromatic nitrogens is 3. The lowest BCUT2D eigenvalue weighted by molar-refractivity contribution is 0.102. The van der Waals surface area contributed by atoms with Crippen LogP contribution in [0.2, 0.25) is 5.02 Å². The Morgan fingerprint density at radius 1 is 1.31 bits per heavy atom. The van der Waals surface area contributed by atoms with Crippen LogP contribution in [0.15, 0.2) is 41.7 Å². The number of nitrogens with one attached hydrogen (secondary N) is 1. The molecule has 3 aromatic rings. The fourth-order valence-electron chi connectivity index (χ4n) is 3.00. The number of anilines is 1. The van der Waals surface area contributed by atoms with Crippen molar-refractivity contribution in [3.8, 4) is 0 Å². The van der Waals surface area contributed by atoms with Crippen LogP contribution in [0, 0.1) is 6.92 Å². The van der Waals surface area contributed by atoms with Crippen LogP contribution >= 0.6 is 22.9 Å². The molecule has 1 aliphatic rings. The van der Waals surface area contributed by atoms with Crippen LogP contribution in [-0.2, 0) is 23.0 Å². The van der Waals surface area contributed by atoms with E-state index in [0.29, 0.717) is 28.7 Å². The smallest absolute Gasteiger partial charge is 0.277 e. The maximum atomic E-state index is 13.1. The minimum atomic E-state index is -3.69. The van der Waals surface area contributed by atoms with E-state index < -0.39 is 15.9 Å². The van der Waals surface area contributed by atoms with Gasteiger partial charge in [-0.2, -0.15) is 4.31 Å². The number of hydrogen-bond acceptors (Lipinski definition) is 7. The summed E-state index contributed by atoms with van der Waals surface area (Å²) in [6, 6.07) is 4.83. The molecule has 0 saturated carbocycles. The van der Waals surface area contributed by atoms with Crippen LogP contribution < -0.4 is 5.32 Å². The Hall–Kier alpha value is -2.40. The molecule has 8 nitrogen and oxygen atoms in total. The second kappa shape index (κ2) is 7.79. The highest BCUT2D eigenvalue weighted by molar-refractivity contribution is 7.89. The second-order valence-electron chi connectivity index (χ2n) is 6.43. The Bertz CT molecular complexity index is 1180. The standard InChI is InChI=1S/C18H16ClN5O3S2/c1-11-2-3-12(19)8-16(11)29(26,27)24-7-4-13-15(10-24)28-18(22-13)23-17(25)14-9-20-5-6-21-14/h2-3,5-6,8-9H,4,7,10H2,1H3,(H,22,23,25). The number of amides is 1. The van der Waals surface area contributed by atoms with Crippen molar-refractivity contribution in [3.05, 3.63) is 63.6 Å². The van der Waals surface area contributed by atoms with Crippen molar-refractivity contribution < 1.29 is 13.2 Å². The Morgan fingerprint density at radius 2 is 2.14 bits per heavy atom. The summed E-state index contributed by atoms with van der Waals surface area (Å²) in [5.41, 5.74) is 1.61. The zero-order valence-electron chi connectivity index (χ0n) is 15.3. The van der Waals surface area contributed by atoms with Crippen LogP contribution in [0.3, 0.4) is 0 Å². The van der Waals surface area contributed by atoms with Gasteiger partial charge in [-0.15, -0.1) is 11.3 Å². The van der Waals surface area contributed by atoms with Crippen molar-refractivity contribution in [3.63, 3.8) is 0 Å². The summed E-state index contributed by atoms with van der Waals surface area (Å²) in [6.45, 7) is 2.25. The average molecular weight is 450 g/mol. The molecule has 29 heavy (non-hydrogen) atoms. The van der Waals surface area contributed by atoms with Gasteiger partial charge in [0.05, 0.1) is 23.3 Å². The molecule has 1 aliphatic heterocycles. The van der Waals surface area contributed by atoms with E-state index in [9.17, 15) is 13.2 Å². The van der Waals surface area contributed by atoms with Crippen molar-refractivity contribution in [1.82, 2.24) is 19.3 Å². The molecule has 1 amide bonds. The summed E-state index contributed by atoms with van der Waals surface area (Å²) in [5, 5.41) is 3.48. The van der Waals surface area contributed by atoms with Crippen molar-refractivity contribution in [2.24, 2.45) is 0 Å². The van der Waals surface area contributed by atoms with Gasteiger partial charge < -0.3 is 0 Å². The van der Waals surface area contributed by atoms with Gasteiger partial charge in [-0.05, 0) is 24.6 Å². The van der Waals surface area contributed by atoms with Gasteiger partial charge in [0.15, 0.2) is 5.13 Å². The van der Waals surface area contributed by atoms with E-state index in [0.717, 1.165) is 10.6 Å². The number of rotatable bonds is 4. The van der Waals surface area contributed by atoms with Gasteiger partial charge in [0.1, 0.15) is 5.69 Å². The van der Waals surface area contributed by atoms with Crippen LogP contribution in [0.25, 0.3) is 0 Å². The van der Waals surface area contributed by atoms with Crippen molar-refractivity contribution in [1.29, 1.82) is 0 Å². The molecule has 4 rings (SSSR count). The van der Waals surface area contributed by atoms with E-state index in [-0.39, 0.29) is 17.1 Å². The Morgan fingerprint density at radius 3 is 2.90 bits per heavy atom. The first kappa shape index (κ1) is 19.9. The van der Waals surface area contributed by atoms with Crippen LogP contribution in [0.1, 0.15) is 26.6 Å². The number of carbonyl (C=O) groups is 1. The normalized spacial score (nSPS) is 14.4. The number of sulfonamides is 1. The first-order valence-corrected chi connectivity index (χ1v) is 11.3. The minimum absolute atomic E-state index is 0.182. The quantitative estimate of drug-likeness (QED) is 0.656. The fraction of sp³-hybridized carbons (Fsp3) is 0.222. The predicted octanol–water partition coefficient (Wildman–Crippen LogP) is 2.89. The lowest BCUT2D eigenvalue weighted by atomic mass is 10.2. The Labute approximate surface area is 176 Å². The van der Waals surface area contributed by atoms with Crippen molar-refractivity contribution in [2.75, 3.05) is 11.9 Å². The number of nitrogens with zero attached hydrogens (tertiary/aromatic N) is 4. The SMILES string of the molecule is Cc1ccc(Cl)cc1S(=O)(=O)N1CCc2nc(NC(=O)c3cnccn3)sc2C1. The average Bonchev–Trinajstić information content (AvgIpc) is 3.11. The topological polar surface area (TPSA) is 105 Å². The molecule has 2 aromatic heterocycles. The van der Waals surface area contributed by atoms with Crippen molar-refractivity contribution in [2.45, 2.75) is 24.8 Å². The van der Waals surface area contributed by atoms with E-state index in [1.807, 2.05) is 0 Å². The van der Waals surface area contributed by atoms with E-state index >= 15 is 0 Å². The number of thiazole rings is 1. The molecule has 0 fully saturated rings. The number of benzene rings is 1. The minimum Gasteiger partial charge on any atom is -0.296 e. The van der Waals surface area contributed by atoms with Crippen LogP contribution in [-0.4, -0.2) is 40.1 Å². The zero-order valence-corrected chi connectivity index (χ0v) is 17.7. The lowest BCUT2D eigenvalue weighted by Gasteiger charge is -2.26. The number of carbonyl (C=O) groups excluding carboxylic acids is 1. The van der Waals surface area contributed by atoms with E-state index in [1.54, 1.807) is 19.1 Å². The second-order valence-corrected chi connectivity index (χ2v) is 9.86. The molecule has 0 saturated heterocycles. The number of hydrogen-bond donors (Lipinski definition) is 1. The lowest BCUT2D eigenvalue weighted by Crippen LogP contribution is -2.35. The highest BCUT2D eigenvalue weighted by atomic mass is 35.5. The fourth-order valence-corrected chi connectivity index (χ4v) is 6.00. The zero-order chi connectivity index (χ0) is 20.6. The first-order valence-electron chi connectivity index (χ1n) is 8.67. The van der Waals surface area contributed by atoms with Gasteiger partial charge >= 0.3 is 0 Å². The molecule has 150 valence electrons. The molecule has 0 spiro atoms. The third kappa shape index (κ3) is 4.01. The molecule has 3 heterocycles. The summed E-state index contributed by atoms with van der Waals surface area (Å²) in [4.78, 5) is 25.5. The summed E-state index contributed by atoms with van der Waals surface area (Å²) in [5.74, 6) is -0.414. The molecular weight excluding hydrogens is 434 g/mol. The highest BCUT2D eigenvalue weighted by Crippen LogP contribution is 2.32. The van der Waals surface area contributed by atoms with Gasteiger partial charge in [-0.25, -0.2) is 18.4 Å². The maximum Gasteiger partial charge on any atom is 0.277 e. The van der Waals surface area contributed by atoms with E-state index in [2.05, 4.69) is 20.3 Å². The number of fused-ring (bicyclic) bond motifs is 1. The Kier molecular flexibility index (Phi) is 5.34. The molecule has 1 N–H and O–H groups in total. The Balaban J connectivity index is 1.55. The highest BCUT2D eigenvalue weighted by Gasteiger charge is 2.31. The largest absolute Gasteiger partial charge is 0.296 e. The third-order valence-corrected chi connectivity index (χ3v) is 7.70. The van der Waals surface area contributed by atoms with Crippen molar-refractivity contribution >= 4 is 44.0 Å². The first-order chi connectivity index (χ1) is 13.8. The van der Waals surface area contributed by atoms with E-state index in [1.165, 1.54) is 40.3 Å². The summed E-state index contributed by atoms with van der Waals surface area (Å²) in [6.07, 6.45) is 4.74. The molecule has 0 radical (unpaired) electrons. The molecule has 0 unspecified atom stereocenters. The molecule has 0 bridgehead atoms. The van der Waals surface area contributed by atoms with Gasteiger partial charge in [-0.3, -0.25) is 15.1 Å². The van der Waals surface area contributed by atoms with Gasteiger partial charge in [0, 0.05) is 35.3 Å². The summed E-state index contributed by atoms with van der Waals surface area (Å²) < 4.78 is 27.6.